The van der Waals surface area contributed by atoms with Gasteiger partial charge in [0.15, 0.2) is 0 Å². The minimum absolute atomic E-state index is 0.154. The molecule has 0 atom stereocenters. The van der Waals surface area contributed by atoms with E-state index in [2.05, 4.69) is 26.0 Å². The molecular weight excluding hydrogens is 517 g/mol. The van der Waals surface area contributed by atoms with Gasteiger partial charge >= 0.3 is 6.11 Å². The zero-order chi connectivity index (χ0) is 29.1. The van der Waals surface area contributed by atoms with Crippen LogP contribution in [0.4, 0.5) is 13.2 Å². The van der Waals surface area contributed by atoms with Crippen LogP contribution in [0.3, 0.4) is 0 Å². The SMILES string of the molecule is CCCCCC1CCC(c2ccc(CCOC(F)(F)c3ccc(C4CCC(CCCCC)CC4)cc3F)cc2)CC1. The highest BCUT2D eigenvalue weighted by Crippen LogP contribution is 2.40. The summed E-state index contributed by atoms with van der Waals surface area (Å²) in [6.45, 7) is 4.33. The molecule has 0 spiro atoms. The normalized spacial score (nSPS) is 23.5. The van der Waals surface area contributed by atoms with Crippen molar-refractivity contribution in [2.24, 2.45) is 11.8 Å². The molecule has 2 aliphatic rings. The standard InChI is InChI=1S/C37H53F3O/c1-3-5-7-9-28-11-17-31(18-12-28)32-19-15-30(16-20-32)25-26-41-37(39,40)35-24-23-34(27-36(35)38)33-21-13-29(14-22-33)10-8-6-4-2/h15-16,19-20,23-24,27-29,31,33H,3-14,17-18,21-22,25-26H2,1-2H3. The Morgan fingerprint density at radius 2 is 1.20 bits per heavy atom. The lowest BCUT2D eigenvalue weighted by Gasteiger charge is -2.29. The summed E-state index contributed by atoms with van der Waals surface area (Å²) in [6.07, 6.45) is 16.6. The van der Waals surface area contributed by atoms with Crippen molar-refractivity contribution in [3.8, 4) is 0 Å². The number of halogens is 3. The molecule has 4 heteroatoms. The van der Waals surface area contributed by atoms with E-state index in [4.69, 9.17) is 4.74 Å². The zero-order valence-corrected chi connectivity index (χ0v) is 25.6. The number of alkyl halides is 2. The number of hydrogen-bond donors (Lipinski definition) is 0. The van der Waals surface area contributed by atoms with Gasteiger partial charge in [-0.2, -0.15) is 8.78 Å². The summed E-state index contributed by atoms with van der Waals surface area (Å²) >= 11 is 0. The number of benzene rings is 2. The largest absolute Gasteiger partial charge is 0.386 e. The molecule has 2 fully saturated rings. The quantitative estimate of drug-likeness (QED) is 0.194. The average Bonchev–Trinajstić information content (AvgIpc) is 2.98. The second-order valence-corrected chi connectivity index (χ2v) is 13.0. The van der Waals surface area contributed by atoms with Crippen molar-refractivity contribution in [2.75, 3.05) is 6.61 Å². The van der Waals surface area contributed by atoms with Gasteiger partial charge in [-0.25, -0.2) is 4.39 Å². The maximum Gasteiger partial charge on any atom is 0.386 e. The minimum atomic E-state index is -3.64. The third-order valence-corrected chi connectivity index (χ3v) is 10.0. The second kappa shape index (κ2) is 16.1. The molecule has 2 saturated carbocycles. The van der Waals surface area contributed by atoms with Crippen molar-refractivity contribution in [1.82, 2.24) is 0 Å². The first kappa shape index (κ1) is 32.1. The van der Waals surface area contributed by atoms with Crippen molar-refractivity contribution in [3.63, 3.8) is 0 Å². The van der Waals surface area contributed by atoms with E-state index in [-0.39, 0.29) is 12.5 Å². The predicted molar refractivity (Wildman–Crippen MR) is 164 cm³/mol. The lowest BCUT2D eigenvalue weighted by Crippen LogP contribution is -2.22. The summed E-state index contributed by atoms with van der Waals surface area (Å²) < 4.78 is 49.6. The molecule has 0 bridgehead atoms. The first-order valence-electron chi connectivity index (χ1n) is 16.8. The molecule has 0 aliphatic heterocycles. The maximum atomic E-state index is 14.9. The molecule has 228 valence electrons. The van der Waals surface area contributed by atoms with Crippen LogP contribution < -0.4 is 0 Å². The van der Waals surface area contributed by atoms with Gasteiger partial charge in [0, 0.05) is 0 Å². The Balaban J connectivity index is 1.21. The van der Waals surface area contributed by atoms with Crippen LogP contribution in [-0.2, 0) is 17.3 Å². The van der Waals surface area contributed by atoms with Gasteiger partial charge in [0.1, 0.15) is 5.82 Å². The van der Waals surface area contributed by atoms with Gasteiger partial charge in [0.2, 0.25) is 0 Å². The maximum absolute atomic E-state index is 14.9. The van der Waals surface area contributed by atoms with Crippen molar-refractivity contribution in [2.45, 2.75) is 141 Å². The Hall–Kier alpha value is -1.81. The van der Waals surface area contributed by atoms with Gasteiger partial charge in [0.05, 0.1) is 12.2 Å². The molecule has 0 radical (unpaired) electrons. The lowest BCUT2D eigenvalue weighted by molar-refractivity contribution is -0.249. The van der Waals surface area contributed by atoms with Crippen LogP contribution in [0.5, 0.6) is 0 Å². The average molecular weight is 571 g/mol. The highest BCUT2D eigenvalue weighted by Gasteiger charge is 2.36. The molecule has 0 saturated heterocycles. The summed E-state index contributed by atoms with van der Waals surface area (Å²) in [7, 11) is 0. The Kier molecular flexibility index (Phi) is 12.6. The van der Waals surface area contributed by atoms with E-state index >= 15 is 0 Å². The third kappa shape index (κ3) is 9.60. The van der Waals surface area contributed by atoms with Crippen LogP contribution in [0, 0.1) is 17.7 Å². The summed E-state index contributed by atoms with van der Waals surface area (Å²) in [4.78, 5) is 0. The fraction of sp³-hybridized carbons (Fsp3) is 0.676. The van der Waals surface area contributed by atoms with E-state index in [9.17, 15) is 13.2 Å². The molecule has 2 aromatic rings. The summed E-state index contributed by atoms with van der Waals surface area (Å²) in [5, 5.41) is 0. The molecule has 2 aliphatic carbocycles. The highest BCUT2D eigenvalue weighted by molar-refractivity contribution is 5.29. The molecular formula is C37H53F3O. The van der Waals surface area contributed by atoms with Crippen LogP contribution >= 0.6 is 0 Å². The Bertz CT molecular complexity index is 1020. The zero-order valence-electron chi connectivity index (χ0n) is 25.6. The number of ether oxygens (including phenoxy) is 1. The topological polar surface area (TPSA) is 9.23 Å². The fourth-order valence-corrected chi connectivity index (χ4v) is 7.29. The van der Waals surface area contributed by atoms with Gasteiger partial charge in [-0.1, -0.05) is 95.5 Å². The first-order valence-corrected chi connectivity index (χ1v) is 16.8. The summed E-state index contributed by atoms with van der Waals surface area (Å²) in [5.74, 6) is 1.66. The number of unbranched alkanes of at least 4 members (excludes halogenated alkanes) is 4. The molecule has 0 heterocycles. The first-order chi connectivity index (χ1) is 19.9. The molecule has 0 N–H and O–H groups in total. The van der Waals surface area contributed by atoms with E-state index in [1.165, 1.54) is 94.7 Å². The van der Waals surface area contributed by atoms with E-state index in [1.807, 2.05) is 12.1 Å². The Morgan fingerprint density at radius 3 is 1.71 bits per heavy atom. The number of hydrogen-bond acceptors (Lipinski definition) is 1. The van der Waals surface area contributed by atoms with Crippen molar-refractivity contribution in [3.05, 3.63) is 70.5 Å². The summed E-state index contributed by atoms with van der Waals surface area (Å²) in [6, 6.07) is 12.7. The van der Waals surface area contributed by atoms with Crippen molar-refractivity contribution in [1.29, 1.82) is 0 Å². The van der Waals surface area contributed by atoms with Gasteiger partial charge in [-0.15, -0.1) is 0 Å². The molecule has 4 rings (SSSR count). The Morgan fingerprint density at radius 1 is 0.683 bits per heavy atom. The third-order valence-electron chi connectivity index (χ3n) is 10.0. The molecule has 0 aromatic heterocycles. The van der Waals surface area contributed by atoms with Gasteiger partial charge in [-0.05, 0) is 110 Å². The van der Waals surface area contributed by atoms with Crippen LogP contribution in [0.15, 0.2) is 42.5 Å². The molecule has 2 aromatic carbocycles. The summed E-state index contributed by atoms with van der Waals surface area (Å²) in [5.41, 5.74) is 2.52. The second-order valence-electron chi connectivity index (χ2n) is 13.0. The smallest absolute Gasteiger partial charge is 0.316 e. The van der Waals surface area contributed by atoms with E-state index in [1.54, 1.807) is 6.07 Å². The lowest BCUT2D eigenvalue weighted by atomic mass is 9.77. The van der Waals surface area contributed by atoms with Crippen LogP contribution in [0.2, 0.25) is 0 Å². The van der Waals surface area contributed by atoms with Gasteiger partial charge < -0.3 is 4.74 Å². The minimum Gasteiger partial charge on any atom is -0.316 e. The fourth-order valence-electron chi connectivity index (χ4n) is 7.29. The van der Waals surface area contributed by atoms with Crippen molar-refractivity contribution < 1.29 is 17.9 Å². The van der Waals surface area contributed by atoms with Crippen LogP contribution in [0.1, 0.15) is 151 Å². The molecule has 0 amide bonds. The van der Waals surface area contributed by atoms with Crippen LogP contribution in [-0.4, -0.2) is 6.61 Å². The van der Waals surface area contributed by atoms with E-state index < -0.39 is 17.5 Å². The number of rotatable bonds is 15. The van der Waals surface area contributed by atoms with E-state index in [0.29, 0.717) is 12.3 Å². The molecule has 41 heavy (non-hydrogen) atoms. The van der Waals surface area contributed by atoms with E-state index in [0.717, 1.165) is 48.6 Å². The van der Waals surface area contributed by atoms with Crippen molar-refractivity contribution >= 4 is 0 Å². The molecule has 1 nitrogen and oxygen atoms in total. The predicted octanol–water partition coefficient (Wildman–Crippen LogP) is 11.8. The highest BCUT2D eigenvalue weighted by atomic mass is 19.3. The Labute approximate surface area is 247 Å². The van der Waals surface area contributed by atoms with Crippen LogP contribution in [0.25, 0.3) is 0 Å². The molecule has 0 unspecified atom stereocenters. The van der Waals surface area contributed by atoms with Gasteiger partial charge in [0.25, 0.3) is 0 Å². The van der Waals surface area contributed by atoms with Gasteiger partial charge in [-0.3, -0.25) is 0 Å². The monoisotopic (exact) mass is 570 g/mol.